The molecule has 39 heavy (non-hydrogen) atoms. The highest BCUT2D eigenvalue weighted by atomic mass is 16.7. The zero-order valence-electron chi connectivity index (χ0n) is 23.2. The van der Waals surface area contributed by atoms with Gasteiger partial charge in [0.05, 0.1) is 31.5 Å². The number of nitrogens with one attached hydrogen (secondary N) is 1. The van der Waals surface area contributed by atoms with Gasteiger partial charge in [0.1, 0.15) is 36.3 Å². The van der Waals surface area contributed by atoms with Crippen molar-refractivity contribution >= 4 is 5.91 Å². The summed E-state index contributed by atoms with van der Waals surface area (Å²) in [5.74, 6) is 0.497. The molecular formula is C28H47NO10. The van der Waals surface area contributed by atoms with Crippen LogP contribution in [0.15, 0.2) is 24.3 Å². The Hall–Kier alpha value is -1.83. The van der Waals surface area contributed by atoms with E-state index < -0.39 is 55.6 Å². The lowest BCUT2D eigenvalue weighted by atomic mass is 9.99. The fraction of sp³-hybridized carbons (Fsp3) is 0.750. The monoisotopic (exact) mass is 557 g/mol. The summed E-state index contributed by atoms with van der Waals surface area (Å²) >= 11 is 0. The number of amides is 1. The number of carbonyl (C=O) groups is 1. The Morgan fingerprint density at radius 1 is 1.03 bits per heavy atom. The molecule has 0 radical (unpaired) electrons. The summed E-state index contributed by atoms with van der Waals surface area (Å²) in [5, 5.41) is 62.1. The molecule has 1 fully saturated rings. The van der Waals surface area contributed by atoms with Gasteiger partial charge >= 0.3 is 0 Å². The Morgan fingerprint density at radius 2 is 1.72 bits per heavy atom. The van der Waals surface area contributed by atoms with E-state index in [1.54, 1.807) is 0 Å². The van der Waals surface area contributed by atoms with Crippen LogP contribution in [0.4, 0.5) is 0 Å². The molecule has 7 N–H and O–H groups in total. The van der Waals surface area contributed by atoms with E-state index in [4.69, 9.17) is 14.2 Å². The summed E-state index contributed by atoms with van der Waals surface area (Å²) in [6.45, 7) is 4.62. The van der Waals surface area contributed by atoms with Crippen LogP contribution in [-0.2, 0) is 20.7 Å². The fourth-order valence-electron chi connectivity index (χ4n) is 4.38. The summed E-state index contributed by atoms with van der Waals surface area (Å²) in [6.07, 6.45) is -4.07. The van der Waals surface area contributed by atoms with Crippen molar-refractivity contribution in [3.63, 3.8) is 0 Å². The van der Waals surface area contributed by atoms with Crippen LogP contribution in [0.1, 0.15) is 64.9 Å². The molecule has 0 saturated carbocycles. The molecule has 0 aromatic heterocycles. The van der Waals surface area contributed by atoms with Crippen molar-refractivity contribution in [2.75, 3.05) is 13.2 Å². The minimum absolute atomic E-state index is 0.174. The van der Waals surface area contributed by atoms with Crippen LogP contribution in [0, 0.1) is 0 Å². The lowest BCUT2D eigenvalue weighted by Gasteiger charge is -2.40. The third-order valence-corrected chi connectivity index (χ3v) is 6.89. The number of carbonyl (C=O) groups excluding carboxylic acids is 1. The van der Waals surface area contributed by atoms with E-state index in [1.807, 2.05) is 24.3 Å². The van der Waals surface area contributed by atoms with Gasteiger partial charge < -0.3 is 50.2 Å². The van der Waals surface area contributed by atoms with Crippen molar-refractivity contribution in [1.29, 1.82) is 0 Å². The van der Waals surface area contributed by atoms with E-state index in [0.29, 0.717) is 6.42 Å². The Bertz CT molecular complexity index is 821. The third-order valence-electron chi connectivity index (χ3n) is 6.89. The Morgan fingerprint density at radius 3 is 2.33 bits per heavy atom. The van der Waals surface area contributed by atoms with E-state index in [-0.39, 0.29) is 25.0 Å². The lowest BCUT2D eigenvalue weighted by molar-refractivity contribution is -0.303. The number of rotatable bonds is 17. The quantitative estimate of drug-likeness (QED) is 0.133. The number of hydrogen-bond donors (Lipinski definition) is 7. The second-order valence-electron chi connectivity index (χ2n) is 10.4. The first-order valence-corrected chi connectivity index (χ1v) is 13.9. The van der Waals surface area contributed by atoms with Gasteiger partial charge in [-0.2, -0.15) is 0 Å². The maximum absolute atomic E-state index is 12.6. The van der Waals surface area contributed by atoms with Crippen molar-refractivity contribution in [2.24, 2.45) is 0 Å². The molecule has 0 aliphatic carbocycles. The first kappa shape index (κ1) is 33.4. The molecule has 9 atom stereocenters. The van der Waals surface area contributed by atoms with E-state index in [9.17, 15) is 35.4 Å². The van der Waals surface area contributed by atoms with Crippen LogP contribution in [0.25, 0.3) is 0 Å². The molecule has 1 saturated heterocycles. The molecule has 0 bridgehead atoms. The number of benzene rings is 1. The highest BCUT2D eigenvalue weighted by Crippen LogP contribution is 2.22. The molecule has 1 aliphatic heterocycles. The molecule has 0 spiro atoms. The van der Waals surface area contributed by atoms with Gasteiger partial charge in [-0.3, -0.25) is 4.79 Å². The van der Waals surface area contributed by atoms with Gasteiger partial charge in [-0.15, -0.1) is 0 Å². The lowest BCUT2D eigenvalue weighted by Crippen LogP contribution is -2.60. The smallest absolute Gasteiger partial charge is 0.220 e. The van der Waals surface area contributed by atoms with E-state index in [0.717, 1.165) is 43.4 Å². The van der Waals surface area contributed by atoms with Crippen molar-refractivity contribution in [3.05, 3.63) is 29.8 Å². The first-order valence-electron chi connectivity index (χ1n) is 13.9. The van der Waals surface area contributed by atoms with Gasteiger partial charge in [0.25, 0.3) is 0 Å². The summed E-state index contributed by atoms with van der Waals surface area (Å²) in [5.41, 5.74) is 1.14. The number of hydrogen-bond acceptors (Lipinski definition) is 10. The van der Waals surface area contributed by atoms with Crippen molar-refractivity contribution in [2.45, 2.75) is 121 Å². The summed E-state index contributed by atoms with van der Waals surface area (Å²) in [4.78, 5) is 12.6. The predicted molar refractivity (Wildman–Crippen MR) is 143 cm³/mol. The topological polar surface area (TPSA) is 178 Å². The Labute approximate surface area is 230 Å². The molecule has 1 aromatic rings. The van der Waals surface area contributed by atoms with Crippen molar-refractivity contribution in [1.82, 2.24) is 5.32 Å². The molecule has 2 rings (SSSR count). The normalized spacial score (nSPS) is 26.4. The van der Waals surface area contributed by atoms with Crippen LogP contribution in [0.3, 0.4) is 0 Å². The molecule has 224 valence electrons. The molecule has 6 unspecified atom stereocenters. The second kappa shape index (κ2) is 17.1. The molecule has 1 aliphatic rings. The van der Waals surface area contributed by atoms with Crippen LogP contribution >= 0.6 is 0 Å². The first-order chi connectivity index (χ1) is 18.6. The van der Waals surface area contributed by atoms with E-state index in [1.165, 1.54) is 6.92 Å². The SMILES string of the molecule is CCCCC(C)Oc1ccc(CCCCC(=O)N[C@@H](COC2OC(CO)C(O)C(O)C2O)[C@H](O)[C@@H](C)O)cc1. The molecule has 1 heterocycles. The zero-order valence-corrected chi connectivity index (χ0v) is 23.2. The molecule has 11 nitrogen and oxygen atoms in total. The molecule has 1 aromatic carbocycles. The number of unbranched alkanes of at least 4 members (excludes halogenated alkanes) is 2. The minimum Gasteiger partial charge on any atom is -0.491 e. The van der Waals surface area contributed by atoms with Crippen molar-refractivity contribution in [3.8, 4) is 5.75 Å². The second-order valence-corrected chi connectivity index (χ2v) is 10.4. The average Bonchev–Trinajstić information content (AvgIpc) is 2.92. The summed E-state index contributed by atoms with van der Waals surface area (Å²) in [7, 11) is 0. The highest BCUT2D eigenvalue weighted by molar-refractivity contribution is 5.76. The van der Waals surface area contributed by atoms with Crippen LogP contribution < -0.4 is 10.1 Å². The molecule has 11 heteroatoms. The number of aryl methyl sites for hydroxylation is 1. The predicted octanol–water partition coefficient (Wildman–Crippen LogP) is 0.400. The Kier molecular flexibility index (Phi) is 14.6. The van der Waals surface area contributed by atoms with Gasteiger partial charge in [0.15, 0.2) is 6.29 Å². The standard InChI is InChI=1S/C28H47NO10/c1-4-5-8-17(2)38-20-13-11-19(12-14-20)9-6-7-10-23(32)29-21(24(33)18(3)31)16-37-28-27(36)26(35)25(34)22(15-30)39-28/h11-14,17-18,21-22,24-28,30-31,33-36H,4-10,15-16H2,1-3H3,(H,29,32)/t17?,18-,21+,22?,24-,25?,26?,27?,28?/m1/s1. The summed E-state index contributed by atoms with van der Waals surface area (Å²) < 4.78 is 16.7. The van der Waals surface area contributed by atoms with Gasteiger partial charge in [0, 0.05) is 6.42 Å². The van der Waals surface area contributed by atoms with E-state index >= 15 is 0 Å². The molecule has 1 amide bonds. The van der Waals surface area contributed by atoms with Gasteiger partial charge in [-0.25, -0.2) is 0 Å². The zero-order chi connectivity index (χ0) is 28.9. The fourth-order valence-corrected chi connectivity index (χ4v) is 4.38. The third kappa shape index (κ3) is 10.9. The maximum Gasteiger partial charge on any atom is 0.220 e. The van der Waals surface area contributed by atoms with Crippen LogP contribution in [-0.4, -0.2) is 105 Å². The van der Waals surface area contributed by atoms with Crippen molar-refractivity contribution < 1.29 is 49.6 Å². The number of ether oxygens (including phenoxy) is 3. The Balaban J connectivity index is 1.79. The van der Waals surface area contributed by atoms with Gasteiger partial charge in [-0.05, 0) is 57.2 Å². The highest BCUT2D eigenvalue weighted by Gasteiger charge is 2.44. The largest absolute Gasteiger partial charge is 0.491 e. The van der Waals surface area contributed by atoms with Crippen LogP contribution in [0.2, 0.25) is 0 Å². The number of aliphatic hydroxyl groups is 6. The van der Waals surface area contributed by atoms with Gasteiger partial charge in [-0.1, -0.05) is 31.9 Å². The van der Waals surface area contributed by atoms with Gasteiger partial charge in [0.2, 0.25) is 5.91 Å². The minimum atomic E-state index is -1.62. The summed E-state index contributed by atoms with van der Waals surface area (Å²) in [6, 6.07) is 6.93. The average molecular weight is 558 g/mol. The maximum atomic E-state index is 12.6. The van der Waals surface area contributed by atoms with E-state index in [2.05, 4.69) is 19.2 Å². The molecular weight excluding hydrogens is 510 g/mol. The number of aliphatic hydroxyl groups excluding tert-OH is 6. The van der Waals surface area contributed by atoms with Crippen LogP contribution in [0.5, 0.6) is 5.75 Å².